The van der Waals surface area contributed by atoms with Crippen molar-refractivity contribution in [3.63, 3.8) is 0 Å². The van der Waals surface area contributed by atoms with Crippen molar-refractivity contribution in [3.8, 4) is 0 Å². The molecule has 2 unspecified atom stereocenters. The van der Waals surface area contributed by atoms with Gasteiger partial charge in [0, 0.05) is 5.69 Å². The van der Waals surface area contributed by atoms with Gasteiger partial charge in [-0.05, 0) is 18.6 Å². The zero-order valence-electron chi connectivity index (χ0n) is 11.6. The lowest BCUT2D eigenvalue weighted by Gasteiger charge is -2.17. The van der Waals surface area contributed by atoms with Crippen LogP contribution in [0, 0.1) is 5.92 Å². The molecule has 1 aromatic carbocycles. The minimum absolute atomic E-state index is 0.212. The molecule has 0 radical (unpaired) electrons. The molecule has 4 N–H and O–H groups in total. The van der Waals surface area contributed by atoms with E-state index in [2.05, 4.69) is 10.6 Å². The standard InChI is InChI=1S/C14H16N2O6/c17-11(18)7-15-14(6-10(14)12(19)20)8-22-13(21)16-9-4-2-1-3-5-9/h1-5,10,15H,6-8H2,(H,16,21)(H,17,18)(H,19,20). The molecule has 1 amide bonds. The average Bonchev–Trinajstić information content (AvgIpc) is 3.20. The zero-order chi connectivity index (χ0) is 16.2. The third-order valence-electron chi connectivity index (χ3n) is 3.45. The minimum atomic E-state index is -1.11. The Bertz CT molecular complexity index is 576. The number of nitrogens with one attached hydrogen (secondary N) is 2. The van der Waals surface area contributed by atoms with Gasteiger partial charge in [0.25, 0.3) is 0 Å². The number of carbonyl (C=O) groups is 3. The molecule has 1 aliphatic rings. The molecule has 2 rings (SSSR count). The number of benzene rings is 1. The fourth-order valence-corrected chi connectivity index (χ4v) is 2.16. The van der Waals surface area contributed by atoms with Gasteiger partial charge in [-0.2, -0.15) is 0 Å². The lowest BCUT2D eigenvalue weighted by atomic mass is 10.2. The van der Waals surface area contributed by atoms with E-state index in [0.29, 0.717) is 5.69 Å². The van der Waals surface area contributed by atoms with E-state index in [-0.39, 0.29) is 13.0 Å². The molecule has 0 aromatic heterocycles. The van der Waals surface area contributed by atoms with E-state index >= 15 is 0 Å². The molecule has 2 atom stereocenters. The Morgan fingerprint density at radius 2 is 1.91 bits per heavy atom. The third-order valence-corrected chi connectivity index (χ3v) is 3.45. The van der Waals surface area contributed by atoms with Gasteiger partial charge < -0.3 is 14.9 Å². The number of rotatable bonds is 7. The fraction of sp³-hybridized carbons (Fsp3) is 0.357. The first-order chi connectivity index (χ1) is 10.4. The SMILES string of the molecule is O=C(O)CNC1(COC(=O)Nc2ccccc2)CC1C(=O)O. The van der Waals surface area contributed by atoms with Gasteiger partial charge in [0.2, 0.25) is 0 Å². The molecule has 22 heavy (non-hydrogen) atoms. The summed E-state index contributed by atoms with van der Waals surface area (Å²) in [5.41, 5.74) is -0.469. The predicted octanol–water partition coefficient (Wildman–Crippen LogP) is 0.753. The highest BCUT2D eigenvalue weighted by Gasteiger charge is 2.59. The number of aliphatic carboxylic acids is 2. The van der Waals surface area contributed by atoms with E-state index in [1.165, 1.54) is 0 Å². The van der Waals surface area contributed by atoms with Crippen LogP contribution in [-0.2, 0) is 14.3 Å². The largest absolute Gasteiger partial charge is 0.481 e. The topological polar surface area (TPSA) is 125 Å². The normalized spacial score (nSPS) is 22.6. The molecule has 0 saturated heterocycles. The number of carbonyl (C=O) groups excluding carboxylic acids is 1. The van der Waals surface area contributed by atoms with Gasteiger partial charge in [0.1, 0.15) is 6.61 Å². The van der Waals surface area contributed by atoms with Crippen LogP contribution in [0.5, 0.6) is 0 Å². The smallest absolute Gasteiger partial charge is 0.411 e. The summed E-state index contributed by atoms with van der Waals surface area (Å²) in [6.45, 7) is -0.608. The molecule has 1 aliphatic carbocycles. The Morgan fingerprint density at radius 3 is 2.45 bits per heavy atom. The summed E-state index contributed by atoms with van der Waals surface area (Å²) >= 11 is 0. The Morgan fingerprint density at radius 1 is 1.23 bits per heavy atom. The van der Waals surface area contributed by atoms with Crippen molar-refractivity contribution in [1.29, 1.82) is 0 Å². The number of hydrogen-bond acceptors (Lipinski definition) is 5. The first-order valence-corrected chi connectivity index (χ1v) is 6.61. The molecule has 8 nitrogen and oxygen atoms in total. The number of hydrogen-bond donors (Lipinski definition) is 4. The first kappa shape index (κ1) is 15.8. The Labute approximate surface area is 126 Å². The van der Waals surface area contributed by atoms with E-state index < -0.39 is 36.0 Å². The Kier molecular flexibility index (Phi) is 4.62. The van der Waals surface area contributed by atoms with Crippen LogP contribution in [0.15, 0.2) is 30.3 Å². The van der Waals surface area contributed by atoms with E-state index in [1.54, 1.807) is 30.3 Å². The van der Waals surface area contributed by atoms with E-state index in [1.807, 2.05) is 0 Å². The van der Waals surface area contributed by atoms with Crippen LogP contribution in [0.4, 0.5) is 10.5 Å². The maximum Gasteiger partial charge on any atom is 0.411 e. The lowest BCUT2D eigenvalue weighted by Crippen LogP contribution is -2.43. The number of anilines is 1. The Hall–Kier alpha value is -2.61. The Balaban J connectivity index is 1.88. The third kappa shape index (κ3) is 3.95. The summed E-state index contributed by atoms with van der Waals surface area (Å²) in [6, 6.07) is 8.64. The average molecular weight is 308 g/mol. The molecular formula is C14H16N2O6. The summed E-state index contributed by atoms with van der Waals surface area (Å²) in [5.74, 6) is -2.93. The first-order valence-electron chi connectivity index (χ1n) is 6.61. The van der Waals surface area contributed by atoms with Crippen molar-refractivity contribution in [2.24, 2.45) is 5.92 Å². The number of carboxylic acid groups (broad SMARTS) is 2. The van der Waals surface area contributed by atoms with Gasteiger partial charge in [-0.15, -0.1) is 0 Å². The second-order valence-electron chi connectivity index (χ2n) is 5.07. The van der Waals surface area contributed by atoms with E-state index in [9.17, 15) is 14.4 Å². The van der Waals surface area contributed by atoms with Gasteiger partial charge in [-0.25, -0.2) is 4.79 Å². The van der Waals surface area contributed by atoms with Gasteiger partial charge in [0.05, 0.1) is 18.0 Å². The van der Waals surface area contributed by atoms with Crippen molar-refractivity contribution in [1.82, 2.24) is 5.32 Å². The number of amides is 1. The molecule has 0 bridgehead atoms. The second kappa shape index (κ2) is 6.44. The zero-order valence-corrected chi connectivity index (χ0v) is 11.6. The van der Waals surface area contributed by atoms with E-state index in [0.717, 1.165) is 0 Å². The molecule has 1 saturated carbocycles. The van der Waals surface area contributed by atoms with Crippen LogP contribution < -0.4 is 10.6 Å². The van der Waals surface area contributed by atoms with Crippen molar-refractivity contribution in [2.75, 3.05) is 18.5 Å². The van der Waals surface area contributed by atoms with Gasteiger partial charge in [0.15, 0.2) is 0 Å². The van der Waals surface area contributed by atoms with Crippen LogP contribution in [0.3, 0.4) is 0 Å². The maximum absolute atomic E-state index is 11.7. The van der Waals surface area contributed by atoms with Gasteiger partial charge in [-0.3, -0.25) is 20.2 Å². The molecule has 1 aromatic rings. The summed E-state index contributed by atoms with van der Waals surface area (Å²) in [5, 5.41) is 22.8. The highest BCUT2D eigenvalue weighted by atomic mass is 16.5. The molecule has 0 aliphatic heterocycles. The number of para-hydroxylation sites is 1. The van der Waals surface area contributed by atoms with Crippen LogP contribution in [-0.4, -0.2) is 46.9 Å². The summed E-state index contributed by atoms with van der Waals surface area (Å²) in [4.78, 5) is 33.3. The molecular weight excluding hydrogens is 292 g/mol. The van der Waals surface area contributed by atoms with E-state index in [4.69, 9.17) is 14.9 Å². The number of carboxylic acids is 2. The summed E-state index contributed by atoms with van der Waals surface area (Å²) in [7, 11) is 0. The van der Waals surface area contributed by atoms with Gasteiger partial charge in [-0.1, -0.05) is 18.2 Å². The fourth-order valence-electron chi connectivity index (χ4n) is 2.16. The minimum Gasteiger partial charge on any atom is -0.481 e. The highest BCUT2D eigenvalue weighted by molar-refractivity contribution is 5.84. The van der Waals surface area contributed by atoms with Crippen LogP contribution in [0.2, 0.25) is 0 Å². The highest BCUT2D eigenvalue weighted by Crippen LogP contribution is 2.43. The number of ether oxygens (including phenoxy) is 1. The molecule has 0 spiro atoms. The maximum atomic E-state index is 11.7. The molecule has 8 heteroatoms. The van der Waals surface area contributed by atoms with Crippen molar-refractivity contribution in [3.05, 3.63) is 30.3 Å². The second-order valence-corrected chi connectivity index (χ2v) is 5.07. The van der Waals surface area contributed by atoms with Crippen molar-refractivity contribution < 1.29 is 29.3 Å². The van der Waals surface area contributed by atoms with Crippen LogP contribution in [0.1, 0.15) is 6.42 Å². The lowest BCUT2D eigenvalue weighted by molar-refractivity contribution is -0.140. The van der Waals surface area contributed by atoms with Crippen molar-refractivity contribution >= 4 is 23.7 Å². The van der Waals surface area contributed by atoms with Crippen LogP contribution >= 0.6 is 0 Å². The molecule has 1 fully saturated rings. The summed E-state index contributed by atoms with van der Waals surface area (Å²) < 4.78 is 5.02. The van der Waals surface area contributed by atoms with Gasteiger partial charge >= 0.3 is 18.0 Å². The predicted molar refractivity (Wildman–Crippen MR) is 75.5 cm³/mol. The summed E-state index contributed by atoms with van der Waals surface area (Å²) in [6.07, 6.45) is -0.507. The molecule has 0 heterocycles. The quantitative estimate of drug-likeness (QED) is 0.585. The van der Waals surface area contributed by atoms with Crippen molar-refractivity contribution in [2.45, 2.75) is 12.0 Å². The van der Waals surface area contributed by atoms with Crippen LogP contribution in [0.25, 0.3) is 0 Å². The monoisotopic (exact) mass is 308 g/mol. The molecule has 118 valence electrons.